The van der Waals surface area contributed by atoms with Gasteiger partial charge in [0.1, 0.15) is 5.75 Å². The second-order valence-corrected chi connectivity index (χ2v) is 10.5. The quantitative estimate of drug-likeness (QED) is 0.0467. The fourth-order valence-electron chi connectivity index (χ4n) is 3.72. The molecule has 192 valence electrons. The molecule has 1 amide bonds. The summed E-state index contributed by atoms with van der Waals surface area (Å²) in [5.74, 6) is 2.17. The van der Waals surface area contributed by atoms with Crippen molar-refractivity contribution in [1.29, 1.82) is 0 Å². The first kappa shape index (κ1) is 26.8. The number of ether oxygens (including phenoxy) is 1. The fraction of sp³-hybridized carbons (Fsp3) is 0.200. The predicted molar refractivity (Wildman–Crippen MR) is 156 cm³/mol. The van der Waals surface area contributed by atoms with E-state index in [1.807, 2.05) is 24.3 Å². The molecule has 11 nitrogen and oxygen atoms in total. The van der Waals surface area contributed by atoms with Gasteiger partial charge in [0.15, 0.2) is 0 Å². The molecule has 3 aromatic carbocycles. The third kappa shape index (κ3) is 6.72. The van der Waals surface area contributed by atoms with Crippen molar-refractivity contribution in [2.24, 2.45) is 10.2 Å². The highest BCUT2D eigenvalue weighted by Crippen LogP contribution is 2.35. The Hall–Kier alpha value is -4.28. The van der Waals surface area contributed by atoms with Gasteiger partial charge in [-0.2, -0.15) is 0 Å². The number of hydrogen-bond acceptors (Lipinski definition) is 8. The minimum atomic E-state index is -0.166. The lowest BCUT2D eigenvalue weighted by Crippen LogP contribution is -2.25. The van der Waals surface area contributed by atoms with Crippen LogP contribution in [0.1, 0.15) is 10.4 Å². The van der Waals surface area contributed by atoms with Crippen molar-refractivity contribution in [1.82, 2.24) is 10.3 Å². The lowest BCUT2D eigenvalue weighted by Gasteiger charge is -2.14. The number of carbonyl (C=O) groups excluding carboxylic acids is 1. The van der Waals surface area contributed by atoms with E-state index in [4.69, 9.17) is 20.8 Å². The van der Waals surface area contributed by atoms with Gasteiger partial charge in [-0.05, 0) is 47.5 Å². The van der Waals surface area contributed by atoms with Crippen LogP contribution in [0.15, 0.2) is 70.9 Å². The van der Waals surface area contributed by atoms with Crippen LogP contribution in [-0.4, -0.2) is 42.6 Å². The van der Waals surface area contributed by atoms with Crippen LogP contribution < -0.4 is 15.4 Å². The first-order chi connectivity index (χ1) is 18.6. The van der Waals surface area contributed by atoms with Crippen LogP contribution in [0.3, 0.4) is 0 Å². The van der Waals surface area contributed by atoms with Gasteiger partial charge < -0.3 is 15.4 Å². The van der Waals surface area contributed by atoms with E-state index in [2.05, 4.69) is 30.7 Å². The number of anilines is 1. The summed E-state index contributed by atoms with van der Waals surface area (Å²) in [5, 5.41) is 15.5. The Morgan fingerprint density at radius 1 is 0.895 bits per heavy atom. The number of amides is 1. The molecular formula is C25H23N9O2S2. The maximum absolute atomic E-state index is 12.2. The number of nitrogens with one attached hydrogen (secondary N) is 2. The number of rotatable bonds is 12. The van der Waals surface area contributed by atoms with E-state index < -0.39 is 0 Å². The summed E-state index contributed by atoms with van der Waals surface area (Å²) in [7, 11) is 5.03. The highest BCUT2D eigenvalue weighted by Gasteiger charge is 2.11. The number of azide groups is 2. The third-order valence-corrected chi connectivity index (χ3v) is 7.86. The van der Waals surface area contributed by atoms with Gasteiger partial charge in [0.25, 0.3) is 5.91 Å². The third-order valence-electron chi connectivity index (χ3n) is 5.46. The van der Waals surface area contributed by atoms with E-state index in [0.29, 0.717) is 30.0 Å². The first-order valence-electron chi connectivity index (χ1n) is 11.5. The number of pyridine rings is 1. The molecule has 0 radical (unpaired) electrons. The van der Waals surface area contributed by atoms with Crippen LogP contribution in [0, 0.1) is 0 Å². The van der Waals surface area contributed by atoms with Crippen molar-refractivity contribution < 1.29 is 9.53 Å². The van der Waals surface area contributed by atoms with Crippen molar-refractivity contribution in [2.45, 2.75) is 0 Å². The van der Waals surface area contributed by atoms with Crippen LogP contribution in [0.5, 0.6) is 5.75 Å². The molecule has 0 bridgehead atoms. The molecule has 0 aliphatic heterocycles. The van der Waals surface area contributed by atoms with Crippen molar-refractivity contribution >= 4 is 66.4 Å². The van der Waals surface area contributed by atoms with Crippen LogP contribution in [0.2, 0.25) is 0 Å². The average molecular weight is 546 g/mol. The Morgan fingerprint density at radius 3 is 2.34 bits per heavy atom. The van der Waals surface area contributed by atoms with E-state index in [1.165, 1.54) is 0 Å². The lowest BCUT2D eigenvalue weighted by molar-refractivity contribution is 0.0956. The monoisotopic (exact) mass is 545 g/mol. The molecule has 0 saturated carbocycles. The van der Waals surface area contributed by atoms with Gasteiger partial charge >= 0.3 is 0 Å². The fourth-order valence-corrected chi connectivity index (χ4v) is 5.53. The topological polar surface area (TPSA) is 161 Å². The number of hydrogen-bond donors (Lipinski definition) is 2. The molecule has 0 saturated heterocycles. The zero-order chi connectivity index (χ0) is 26.7. The predicted octanol–water partition coefficient (Wildman–Crippen LogP) is 7.50. The lowest BCUT2D eigenvalue weighted by atomic mass is 10.1. The van der Waals surface area contributed by atoms with Crippen molar-refractivity contribution in [3.05, 3.63) is 87.1 Å². The molecule has 1 heterocycles. The van der Waals surface area contributed by atoms with E-state index in [1.54, 1.807) is 65.1 Å². The standard InChI is InChI=1S/C25H23N9O2S2/c1-36-19-7-9-22-21(15-19)24(20-8-6-18(32-34-27)14-23(20)30-22)28-10-12-37-38-13-11-29-25(35)16-2-4-17(5-3-16)31-33-26/h2-9,14-15H,10-13H2,1H3,(H,28,30)(H,29,35). The number of fused-ring (bicyclic) bond motifs is 2. The molecule has 38 heavy (non-hydrogen) atoms. The van der Waals surface area contributed by atoms with Crippen molar-refractivity contribution in [2.75, 3.05) is 37.0 Å². The number of carbonyl (C=O) groups is 1. The molecule has 0 fully saturated rings. The van der Waals surface area contributed by atoms with Crippen LogP contribution in [0.25, 0.3) is 42.7 Å². The van der Waals surface area contributed by atoms with Gasteiger partial charge in [0.05, 0.1) is 23.8 Å². The van der Waals surface area contributed by atoms with E-state index in [9.17, 15) is 4.79 Å². The second-order valence-electron chi connectivity index (χ2n) is 7.82. The molecular weight excluding hydrogens is 522 g/mol. The van der Waals surface area contributed by atoms with Crippen LogP contribution in [0.4, 0.5) is 17.1 Å². The maximum Gasteiger partial charge on any atom is 0.251 e. The molecule has 0 aliphatic carbocycles. The van der Waals surface area contributed by atoms with Gasteiger partial charge in [-0.1, -0.05) is 56.1 Å². The highest BCUT2D eigenvalue weighted by atomic mass is 33.1. The zero-order valence-electron chi connectivity index (χ0n) is 20.4. The minimum absolute atomic E-state index is 0.166. The summed E-state index contributed by atoms with van der Waals surface area (Å²) in [6.45, 7) is 1.25. The largest absolute Gasteiger partial charge is 0.497 e. The Balaban J connectivity index is 1.31. The summed E-state index contributed by atoms with van der Waals surface area (Å²) in [6.07, 6.45) is 0. The van der Waals surface area contributed by atoms with Crippen molar-refractivity contribution in [3.63, 3.8) is 0 Å². The molecule has 0 spiro atoms. The average Bonchev–Trinajstić information content (AvgIpc) is 2.94. The number of nitrogens with zero attached hydrogens (tertiary/aromatic N) is 7. The molecule has 2 N–H and O–H groups in total. The molecule has 0 aliphatic rings. The van der Waals surface area contributed by atoms with Gasteiger partial charge in [0, 0.05) is 62.1 Å². The van der Waals surface area contributed by atoms with Gasteiger partial charge in [-0.25, -0.2) is 4.98 Å². The Morgan fingerprint density at radius 2 is 1.61 bits per heavy atom. The molecule has 0 atom stereocenters. The van der Waals surface area contributed by atoms with Gasteiger partial charge in [-0.3, -0.25) is 4.79 Å². The summed E-state index contributed by atoms with van der Waals surface area (Å²) < 4.78 is 5.42. The summed E-state index contributed by atoms with van der Waals surface area (Å²) in [5.41, 5.74) is 21.2. The van der Waals surface area contributed by atoms with Crippen LogP contribution >= 0.6 is 21.6 Å². The maximum atomic E-state index is 12.2. The van der Waals surface area contributed by atoms with Crippen LogP contribution in [-0.2, 0) is 0 Å². The summed E-state index contributed by atoms with van der Waals surface area (Å²) in [6, 6.07) is 17.7. The Kier molecular flexibility index (Phi) is 9.38. The Labute approximate surface area is 226 Å². The highest BCUT2D eigenvalue weighted by molar-refractivity contribution is 8.76. The van der Waals surface area contributed by atoms with Crippen molar-refractivity contribution in [3.8, 4) is 5.75 Å². The smallest absolute Gasteiger partial charge is 0.251 e. The molecule has 4 aromatic rings. The number of aromatic nitrogens is 1. The summed E-state index contributed by atoms with van der Waals surface area (Å²) in [4.78, 5) is 22.6. The van der Waals surface area contributed by atoms with E-state index >= 15 is 0 Å². The SMILES string of the molecule is COc1ccc2nc3cc(N=[N+]=[N-])ccc3c(NCCSSCCNC(=O)c3ccc(N=[N+]=[N-])cc3)c2c1. The Bertz CT molecular complexity index is 1550. The normalized spacial score (nSPS) is 10.4. The minimum Gasteiger partial charge on any atom is -0.497 e. The number of methoxy groups -OCH3 is 1. The van der Waals surface area contributed by atoms with E-state index in [0.717, 1.165) is 44.7 Å². The molecule has 13 heteroatoms. The first-order valence-corrected chi connectivity index (χ1v) is 14.0. The van der Waals surface area contributed by atoms with Gasteiger partial charge in [0.2, 0.25) is 0 Å². The van der Waals surface area contributed by atoms with E-state index in [-0.39, 0.29) is 5.91 Å². The molecule has 1 aromatic heterocycles. The zero-order valence-corrected chi connectivity index (χ0v) is 22.0. The second kappa shape index (κ2) is 13.3. The molecule has 4 rings (SSSR count). The van der Waals surface area contributed by atoms with Gasteiger partial charge in [-0.15, -0.1) is 0 Å². The molecule has 0 unspecified atom stereocenters. The number of benzene rings is 3. The summed E-state index contributed by atoms with van der Waals surface area (Å²) >= 11 is 0.